The number of phenols is 1. The summed E-state index contributed by atoms with van der Waals surface area (Å²) in [4.78, 5) is 20.9. The Morgan fingerprint density at radius 3 is 2.38 bits per heavy atom. The second-order valence-electron chi connectivity index (χ2n) is 5.92. The van der Waals surface area contributed by atoms with Crippen molar-refractivity contribution in [2.24, 2.45) is 16.5 Å². The Morgan fingerprint density at radius 1 is 1.15 bits per heavy atom. The fraction of sp³-hybridized carbons (Fsp3) is 0.211. The molecule has 7 heteroatoms. The number of amides is 1. The van der Waals surface area contributed by atoms with Gasteiger partial charge in [-0.2, -0.15) is 0 Å². The van der Waals surface area contributed by atoms with Gasteiger partial charge >= 0.3 is 5.84 Å². The molecule has 0 saturated carbocycles. The van der Waals surface area contributed by atoms with E-state index in [1.165, 1.54) is 4.90 Å². The number of aromatic hydroxyl groups is 1. The van der Waals surface area contributed by atoms with Crippen molar-refractivity contribution in [2.75, 3.05) is 14.1 Å². The third-order valence-electron chi connectivity index (χ3n) is 3.82. The van der Waals surface area contributed by atoms with Crippen LogP contribution in [0.5, 0.6) is 5.75 Å². The molecular formula is C19H24N5O2+. The maximum Gasteiger partial charge on any atom is 0.313 e. The third kappa shape index (κ3) is 4.18. The van der Waals surface area contributed by atoms with Crippen molar-refractivity contribution in [3.8, 4) is 5.75 Å². The number of benzene rings is 2. The lowest BCUT2D eigenvalue weighted by Gasteiger charge is -2.15. The average molecular weight is 354 g/mol. The van der Waals surface area contributed by atoms with Crippen LogP contribution in [0, 0.1) is 0 Å². The summed E-state index contributed by atoms with van der Waals surface area (Å²) >= 11 is 0. The largest absolute Gasteiger partial charge is 0.503 e. The Kier molecular flexibility index (Phi) is 5.95. The summed E-state index contributed by atoms with van der Waals surface area (Å²) in [5.74, 6) is -0.293. The first-order valence-corrected chi connectivity index (χ1v) is 8.20. The van der Waals surface area contributed by atoms with Crippen molar-refractivity contribution in [1.29, 1.82) is 0 Å². The molecular weight excluding hydrogens is 330 g/mol. The number of nitrogens with two attached hydrogens (primary N) is 2. The Morgan fingerprint density at radius 2 is 1.81 bits per heavy atom. The SMILES string of the molecule is CCc1ccc([NH+]=C(N)C(N)=Nc2ccccc2)c(O)c1C(=O)N(C)C. The second kappa shape index (κ2) is 8.15. The number of aryl methyl sites for hydroxylation is 1. The van der Waals surface area contributed by atoms with E-state index in [0.717, 1.165) is 5.56 Å². The van der Waals surface area contributed by atoms with Crippen LogP contribution < -0.4 is 16.5 Å². The minimum Gasteiger partial charge on any atom is -0.503 e. The third-order valence-corrected chi connectivity index (χ3v) is 3.82. The van der Waals surface area contributed by atoms with Gasteiger partial charge in [0.25, 0.3) is 5.91 Å². The van der Waals surface area contributed by atoms with Gasteiger partial charge in [0.1, 0.15) is 0 Å². The lowest BCUT2D eigenvalue weighted by Crippen LogP contribution is -2.72. The highest BCUT2D eigenvalue weighted by Gasteiger charge is 2.21. The normalized spacial score (nSPS) is 12.1. The summed E-state index contributed by atoms with van der Waals surface area (Å²) in [6, 6.07) is 12.6. The van der Waals surface area contributed by atoms with Gasteiger partial charge in [0.05, 0.1) is 11.3 Å². The minimum absolute atomic E-state index is 0.0793. The van der Waals surface area contributed by atoms with Gasteiger partial charge in [0.15, 0.2) is 11.4 Å². The molecule has 0 fully saturated rings. The van der Waals surface area contributed by atoms with Crippen molar-refractivity contribution in [2.45, 2.75) is 13.3 Å². The molecule has 0 aliphatic rings. The zero-order chi connectivity index (χ0) is 19.3. The molecule has 0 aliphatic heterocycles. The fourth-order valence-corrected chi connectivity index (χ4v) is 2.40. The Labute approximate surface area is 152 Å². The van der Waals surface area contributed by atoms with Crippen LogP contribution in [-0.2, 0) is 6.42 Å². The van der Waals surface area contributed by atoms with Crippen molar-refractivity contribution >= 4 is 29.0 Å². The number of nitrogens with one attached hydrogen (secondary N) is 1. The number of hydrogen-bond acceptors (Lipinski definition) is 3. The van der Waals surface area contributed by atoms with Crippen LogP contribution >= 0.6 is 0 Å². The van der Waals surface area contributed by atoms with E-state index in [1.807, 2.05) is 25.1 Å². The Bertz CT molecular complexity index is 858. The lowest BCUT2D eigenvalue weighted by molar-refractivity contribution is -0.353. The van der Waals surface area contributed by atoms with E-state index < -0.39 is 0 Å². The Hall–Kier alpha value is -3.35. The van der Waals surface area contributed by atoms with Crippen LogP contribution in [0.3, 0.4) is 0 Å². The molecule has 136 valence electrons. The monoisotopic (exact) mass is 354 g/mol. The molecule has 0 aliphatic carbocycles. The molecule has 0 saturated heterocycles. The molecule has 26 heavy (non-hydrogen) atoms. The summed E-state index contributed by atoms with van der Waals surface area (Å²) in [6.45, 7) is 1.92. The fourth-order valence-electron chi connectivity index (χ4n) is 2.40. The van der Waals surface area contributed by atoms with Crippen molar-refractivity contribution in [1.82, 2.24) is 4.90 Å². The quantitative estimate of drug-likeness (QED) is 0.361. The summed E-state index contributed by atoms with van der Waals surface area (Å²) < 4.78 is 0. The van der Waals surface area contributed by atoms with E-state index in [0.29, 0.717) is 12.1 Å². The zero-order valence-corrected chi connectivity index (χ0v) is 15.2. The van der Waals surface area contributed by atoms with E-state index in [9.17, 15) is 9.90 Å². The molecule has 1 amide bonds. The molecule has 0 radical (unpaired) electrons. The van der Waals surface area contributed by atoms with Crippen LogP contribution in [0.1, 0.15) is 22.8 Å². The van der Waals surface area contributed by atoms with Crippen molar-refractivity contribution in [3.05, 3.63) is 53.6 Å². The number of aliphatic imine (C=N–C) groups is 1. The van der Waals surface area contributed by atoms with Gasteiger partial charge in [0, 0.05) is 14.1 Å². The first kappa shape index (κ1) is 19.0. The van der Waals surface area contributed by atoms with Crippen LogP contribution in [-0.4, -0.2) is 41.7 Å². The van der Waals surface area contributed by atoms with Gasteiger partial charge in [-0.1, -0.05) is 31.2 Å². The number of amidine groups is 2. The van der Waals surface area contributed by atoms with E-state index in [4.69, 9.17) is 11.5 Å². The van der Waals surface area contributed by atoms with Gasteiger partial charge in [-0.3, -0.25) is 10.5 Å². The molecule has 0 spiro atoms. The van der Waals surface area contributed by atoms with Crippen molar-refractivity contribution < 1.29 is 14.9 Å². The van der Waals surface area contributed by atoms with Crippen LogP contribution in [0.25, 0.3) is 0 Å². The first-order chi connectivity index (χ1) is 12.3. The van der Waals surface area contributed by atoms with Gasteiger partial charge in [-0.15, -0.1) is 0 Å². The predicted molar refractivity (Wildman–Crippen MR) is 103 cm³/mol. The van der Waals surface area contributed by atoms with Crippen LogP contribution in [0.4, 0.5) is 11.4 Å². The zero-order valence-electron chi connectivity index (χ0n) is 15.2. The molecule has 6 N–H and O–H groups in total. The van der Waals surface area contributed by atoms with E-state index >= 15 is 0 Å². The van der Waals surface area contributed by atoms with Crippen molar-refractivity contribution in [3.63, 3.8) is 0 Å². The lowest BCUT2D eigenvalue weighted by atomic mass is 10.0. The number of rotatable bonds is 4. The molecule has 2 aromatic carbocycles. The standard InChI is InChI=1S/C19H23N5O2/c1-4-12-10-11-14(16(25)15(12)19(26)24(2)3)23-18(21)17(20)22-13-8-6-5-7-9-13/h5-11,25H,4H2,1-3H3,(H2,20,22)(H2,21,23)/p+1. The minimum atomic E-state index is -0.285. The van der Waals surface area contributed by atoms with Crippen LogP contribution in [0.15, 0.2) is 47.5 Å². The summed E-state index contributed by atoms with van der Waals surface area (Å²) in [6.07, 6.45) is 0.611. The van der Waals surface area contributed by atoms with E-state index in [-0.39, 0.29) is 34.6 Å². The molecule has 7 nitrogen and oxygen atoms in total. The maximum absolute atomic E-state index is 12.4. The summed E-state index contributed by atoms with van der Waals surface area (Å²) in [7, 11) is 3.26. The van der Waals surface area contributed by atoms with Gasteiger partial charge < -0.3 is 15.7 Å². The first-order valence-electron chi connectivity index (χ1n) is 8.20. The van der Waals surface area contributed by atoms with E-state index in [2.05, 4.69) is 9.98 Å². The molecule has 0 aromatic heterocycles. The van der Waals surface area contributed by atoms with Gasteiger partial charge in [-0.25, -0.2) is 9.98 Å². The van der Waals surface area contributed by atoms with Gasteiger partial charge in [-0.05, 0) is 30.2 Å². The number of nitrogens with zero attached hydrogens (tertiary/aromatic N) is 2. The van der Waals surface area contributed by atoms with Crippen LogP contribution in [0.2, 0.25) is 0 Å². The molecule has 0 bridgehead atoms. The maximum atomic E-state index is 12.4. The Balaban J connectivity index is 2.45. The predicted octanol–water partition coefficient (Wildman–Crippen LogP) is 0.415. The molecule has 0 atom stereocenters. The number of carbonyl (C=O) groups excluding carboxylic acids is 1. The molecule has 0 heterocycles. The topological polar surface area (TPSA) is 119 Å². The summed E-state index contributed by atoms with van der Waals surface area (Å²) in [5, 5.41) is 10.6. The number of hydrogen-bond donors (Lipinski definition) is 4. The number of para-hydroxylation sites is 1. The summed E-state index contributed by atoms with van der Waals surface area (Å²) in [5.41, 5.74) is 13.8. The highest BCUT2D eigenvalue weighted by molar-refractivity contribution is 6.37. The number of carbonyl (C=O) groups is 1. The second-order valence-corrected chi connectivity index (χ2v) is 5.92. The molecule has 2 aromatic rings. The smallest absolute Gasteiger partial charge is 0.313 e. The molecule has 2 rings (SSSR count). The van der Waals surface area contributed by atoms with Gasteiger partial charge in [0.2, 0.25) is 5.84 Å². The van der Waals surface area contributed by atoms with E-state index in [1.54, 1.807) is 38.4 Å². The molecule has 0 unspecified atom stereocenters. The average Bonchev–Trinajstić information content (AvgIpc) is 2.63. The highest BCUT2D eigenvalue weighted by atomic mass is 16.3. The number of phenolic OH excluding ortho intramolecular Hbond substituents is 1. The highest BCUT2D eigenvalue weighted by Crippen LogP contribution is 2.28.